The Morgan fingerprint density at radius 1 is 1.32 bits per heavy atom. The van der Waals surface area contributed by atoms with Gasteiger partial charge in [0.25, 0.3) is 0 Å². The Bertz CT molecular complexity index is 534. The molecule has 0 atom stereocenters. The van der Waals surface area contributed by atoms with E-state index in [0.717, 1.165) is 22.3 Å². The van der Waals surface area contributed by atoms with Gasteiger partial charge < -0.3 is 10.2 Å². The van der Waals surface area contributed by atoms with Crippen molar-refractivity contribution in [3.63, 3.8) is 0 Å². The van der Waals surface area contributed by atoms with Crippen LogP contribution in [0.3, 0.4) is 0 Å². The maximum atomic E-state index is 10.9. The Hall–Kier alpha value is -1.77. The number of rotatable bonds is 3. The highest BCUT2D eigenvalue weighted by Crippen LogP contribution is 2.36. The maximum absolute atomic E-state index is 10.9. The van der Waals surface area contributed by atoms with Gasteiger partial charge in [0.1, 0.15) is 5.75 Å². The number of aliphatic carboxylic acids is 1. The van der Waals surface area contributed by atoms with Gasteiger partial charge in [0, 0.05) is 12.0 Å². The van der Waals surface area contributed by atoms with Crippen molar-refractivity contribution in [2.45, 2.75) is 46.5 Å². The van der Waals surface area contributed by atoms with E-state index >= 15 is 0 Å². The van der Waals surface area contributed by atoms with Gasteiger partial charge in [-0.15, -0.1) is 0 Å². The molecule has 104 valence electrons. The molecule has 3 nitrogen and oxygen atoms in total. The molecule has 3 heteroatoms. The fourth-order valence-corrected chi connectivity index (χ4v) is 2.15. The summed E-state index contributed by atoms with van der Waals surface area (Å²) >= 11 is 0. The molecule has 0 aliphatic heterocycles. The predicted octanol–water partition coefficient (Wildman–Crippen LogP) is 3.49. The number of carboxylic acids is 1. The topological polar surface area (TPSA) is 57.5 Å². The highest BCUT2D eigenvalue weighted by molar-refractivity contribution is 5.86. The summed E-state index contributed by atoms with van der Waals surface area (Å²) in [6, 6.07) is 1.94. The van der Waals surface area contributed by atoms with Gasteiger partial charge in [-0.05, 0) is 41.5 Å². The minimum absolute atomic E-state index is 0.133. The van der Waals surface area contributed by atoms with Crippen LogP contribution in [0.1, 0.15) is 43.0 Å². The summed E-state index contributed by atoms with van der Waals surface area (Å²) in [5.41, 5.74) is 3.44. The Balaban J connectivity index is 3.35. The lowest BCUT2D eigenvalue weighted by atomic mass is 9.82. The number of aryl methyl sites for hydroxylation is 1. The second-order valence-electron chi connectivity index (χ2n) is 6.03. The van der Waals surface area contributed by atoms with Gasteiger partial charge in [-0.25, -0.2) is 4.79 Å². The van der Waals surface area contributed by atoms with Crippen molar-refractivity contribution in [1.82, 2.24) is 0 Å². The van der Waals surface area contributed by atoms with Gasteiger partial charge in [0.15, 0.2) is 0 Å². The minimum Gasteiger partial charge on any atom is -0.507 e. The van der Waals surface area contributed by atoms with E-state index in [0.29, 0.717) is 0 Å². The van der Waals surface area contributed by atoms with E-state index in [9.17, 15) is 9.90 Å². The van der Waals surface area contributed by atoms with Crippen LogP contribution in [0.4, 0.5) is 0 Å². The van der Waals surface area contributed by atoms with Crippen LogP contribution in [0.2, 0.25) is 0 Å². The van der Waals surface area contributed by atoms with Gasteiger partial charge >= 0.3 is 5.97 Å². The molecule has 0 saturated heterocycles. The number of hydrogen-bond acceptors (Lipinski definition) is 2. The van der Waals surface area contributed by atoms with E-state index in [4.69, 9.17) is 5.11 Å². The molecule has 19 heavy (non-hydrogen) atoms. The predicted molar refractivity (Wildman–Crippen MR) is 76.8 cm³/mol. The van der Waals surface area contributed by atoms with Gasteiger partial charge in [-0.1, -0.05) is 33.4 Å². The number of aromatic hydroxyl groups is 1. The van der Waals surface area contributed by atoms with Crippen molar-refractivity contribution in [3.8, 4) is 5.75 Å². The Labute approximate surface area is 114 Å². The quantitative estimate of drug-likeness (QED) is 0.820. The number of phenolic OH excluding ortho intramolecular Hbond substituents is 1. The lowest BCUT2D eigenvalue weighted by Gasteiger charge is -2.24. The number of hydrogen-bond donors (Lipinski definition) is 2. The van der Waals surface area contributed by atoms with Crippen LogP contribution in [0, 0.1) is 13.8 Å². The summed E-state index contributed by atoms with van der Waals surface area (Å²) in [7, 11) is 0. The minimum atomic E-state index is -1.00. The largest absolute Gasteiger partial charge is 0.507 e. The fraction of sp³-hybridized carbons (Fsp3) is 0.438. The molecule has 0 fully saturated rings. The fourth-order valence-electron chi connectivity index (χ4n) is 2.15. The van der Waals surface area contributed by atoms with E-state index in [-0.39, 0.29) is 23.2 Å². The third-order valence-electron chi connectivity index (χ3n) is 3.40. The van der Waals surface area contributed by atoms with E-state index in [1.165, 1.54) is 0 Å². The summed E-state index contributed by atoms with van der Waals surface area (Å²) in [5.74, 6) is -0.746. The number of carbonyl (C=O) groups is 1. The molecular weight excluding hydrogens is 240 g/mol. The highest BCUT2D eigenvalue weighted by atomic mass is 16.4. The van der Waals surface area contributed by atoms with Crippen molar-refractivity contribution in [3.05, 3.63) is 40.5 Å². The standard InChI is InChI=1S/C16H22O3/c1-9-8-13(16(4,5)6)14(17)11(3)12(9)7-10(2)15(18)19/h8,17H,2,7H2,1,3-6H3,(H,18,19). The lowest BCUT2D eigenvalue weighted by molar-refractivity contribution is -0.132. The number of carboxylic acid groups (broad SMARTS) is 1. The van der Waals surface area contributed by atoms with Crippen LogP contribution in [0.25, 0.3) is 0 Å². The normalized spacial score (nSPS) is 11.4. The molecule has 0 unspecified atom stereocenters. The molecule has 1 rings (SSSR count). The van der Waals surface area contributed by atoms with Gasteiger partial charge in [-0.2, -0.15) is 0 Å². The van der Waals surface area contributed by atoms with E-state index < -0.39 is 5.97 Å². The first kappa shape index (κ1) is 15.3. The summed E-state index contributed by atoms with van der Waals surface area (Å²) in [5, 5.41) is 19.2. The summed E-state index contributed by atoms with van der Waals surface area (Å²) in [4.78, 5) is 10.9. The maximum Gasteiger partial charge on any atom is 0.331 e. The first-order valence-corrected chi connectivity index (χ1v) is 6.29. The number of benzene rings is 1. The average molecular weight is 262 g/mol. The number of phenols is 1. The second-order valence-corrected chi connectivity index (χ2v) is 6.03. The van der Waals surface area contributed by atoms with Gasteiger partial charge in [-0.3, -0.25) is 0 Å². The lowest BCUT2D eigenvalue weighted by Crippen LogP contribution is -2.14. The van der Waals surface area contributed by atoms with Crippen LogP contribution in [0.15, 0.2) is 18.2 Å². The molecule has 0 heterocycles. The third kappa shape index (κ3) is 3.16. The summed E-state index contributed by atoms with van der Waals surface area (Å²) in [6.07, 6.45) is 0.255. The van der Waals surface area contributed by atoms with Crippen LogP contribution >= 0.6 is 0 Å². The molecular formula is C16H22O3. The van der Waals surface area contributed by atoms with Crippen molar-refractivity contribution in [2.75, 3.05) is 0 Å². The molecule has 1 aromatic carbocycles. The molecule has 0 spiro atoms. The zero-order valence-electron chi connectivity index (χ0n) is 12.3. The zero-order valence-corrected chi connectivity index (χ0v) is 12.3. The first-order chi connectivity index (χ1) is 8.55. The van der Waals surface area contributed by atoms with Crippen molar-refractivity contribution < 1.29 is 15.0 Å². The van der Waals surface area contributed by atoms with Crippen molar-refractivity contribution in [2.24, 2.45) is 0 Å². The van der Waals surface area contributed by atoms with Crippen LogP contribution < -0.4 is 0 Å². The molecule has 0 radical (unpaired) electrons. The van der Waals surface area contributed by atoms with E-state index in [1.807, 2.05) is 40.7 Å². The molecule has 0 aliphatic rings. The highest BCUT2D eigenvalue weighted by Gasteiger charge is 2.22. The van der Waals surface area contributed by atoms with Gasteiger partial charge in [0.05, 0.1) is 0 Å². The first-order valence-electron chi connectivity index (χ1n) is 6.29. The Morgan fingerprint density at radius 3 is 2.26 bits per heavy atom. The molecule has 2 N–H and O–H groups in total. The second kappa shape index (κ2) is 5.08. The smallest absolute Gasteiger partial charge is 0.331 e. The van der Waals surface area contributed by atoms with E-state index in [2.05, 4.69) is 6.58 Å². The Kier molecular flexibility index (Phi) is 4.09. The van der Waals surface area contributed by atoms with Crippen LogP contribution in [-0.2, 0) is 16.6 Å². The third-order valence-corrected chi connectivity index (χ3v) is 3.40. The molecule has 0 aromatic heterocycles. The van der Waals surface area contributed by atoms with Gasteiger partial charge in [0.2, 0.25) is 0 Å². The van der Waals surface area contributed by atoms with Crippen LogP contribution in [-0.4, -0.2) is 16.2 Å². The van der Waals surface area contributed by atoms with Crippen molar-refractivity contribution in [1.29, 1.82) is 0 Å². The molecule has 0 amide bonds. The molecule has 0 saturated carbocycles. The molecule has 0 bridgehead atoms. The molecule has 1 aromatic rings. The van der Waals surface area contributed by atoms with E-state index in [1.54, 1.807) is 0 Å². The average Bonchev–Trinajstić information content (AvgIpc) is 2.27. The van der Waals surface area contributed by atoms with Crippen LogP contribution in [0.5, 0.6) is 5.75 Å². The summed E-state index contributed by atoms with van der Waals surface area (Å²) in [6.45, 7) is 13.4. The Morgan fingerprint density at radius 2 is 1.84 bits per heavy atom. The monoisotopic (exact) mass is 262 g/mol. The van der Waals surface area contributed by atoms with Crippen molar-refractivity contribution >= 4 is 5.97 Å². The molecule has 0 aliphatic carbocycles. The summed E-state index contributed by atoms with van der Waals surface area (Å²) < 4.78 is 0. The zero-order chi connectivity index (χ0) is 15.0. The SMILES string of the molecule is C=C(Cc1c(C)cc(C(C)(C)C)c(O)c1C)C(=O)O.